The van der Waals surface area contributed by atoms with Crippen LogP contribution in [0.1, 0.15) is 42.4 Å². The van der Waals surface area contributed by atoms with E-state index in [1.807, 2.05) is 57.2 Å². The van der Waals surface area contributed by atoms with Gasteiger partial charge in [0.25, 0.3) is 0 Å². The number of benzene rings is 2. The molecule has 0 spiro atoms. The Labute approximate surface area is 160 Å². The molecule has 4 nitrogen and oxygen atoms in total. The molecular formula is C21H20BrNO3. The van der Waals surface area contributed by atoms with Gasteiger partial charge in [-0.3, -0.25) is 4.79 Å². The van der Waals surface area contributed by atoms with Gasteiger partial charge in [-0.25, -0.2) is 9.36 Å². The molecule has 0 aliphatic rings. The van der Waals surface area contributed by atoms with E-state index in [-0.39, 0.29) is 5.78 Å². The molecule has 134 valence electrons. The SMILES string of the molecule is Cc1c(C(=O)c2ccc(Br)cc2)c2ccccc2n1C(=O)OC(C)(C)C. The van der Waals surface area contributed by atoms with Crippen molar-refractivity contribution in [2.24, 2.45) is 0 Å². The Bertz CT molecular complexity index is 995. The quantitative estimate of drug-likeness (QED) is 0.504. The van der Waals surface area contributed by atoms with Crippen LogP contribution in [0, 0.1) is 6.92 Å². The Morgan fingerprint density at radius 3 is 2.23 bits per heavy atom. The largest absolute Gasteiger partial charge is 0.443 e. The molecule has 0 aliphatic carbocycles. The Morgan fingerprint density at radius 1 is 1.00 bits per heavy atom. The van der Waals surface area contributed by atoms with Gasteiger partial charge in [0.1, 0.15) is 5.60 Å². The summed E-state index contributed by atoms with van der Waals surface area (Å²) < 4.78 is 7.92. The third kappa shape index (κ3) is 3.44. The van der Waals surface area contributed by atoms with Crippen molar-refractivity contribution < 1.29 is 14.3 Å². The summed E-state index contributed by atoms with van der Waals surface area (Å²) in [6, 6.07) is 14.6. The summed E-state index contributed by atoms with van der Waals surface area (Å²) >= 11 is 3.38. The van der Waals surface area contributed by atoms with Crippen molar-refractivity contribution in [1.82, 2.24) is 4.57 Å². The highest BCUT2D eigenvalue weighted by atomic mass is 79.9. The molecule has 0 fully saturated rings. The van der Waals surface area contributed by atoms with Crippen molar-refractivity contribution in [3.8, 4) is 0 Å². The maximum absolute atomic E-state index is 13.1. The van der Waals surface area contributed by atoms with E-state index in [2.05, 4.69) is 15.9 Å². The lowest BCUT2D eigenvalue weighted by atomic mass is 10.0. The second kappa shape index (κ2) is 6.72. The number of rotatable bonds is 2. The smallest absolute Gasteiger partial charge is 0.419 e. The van der Waals surface area contributed by atoms with E-state index in [1.165, 1.54) is 4.57 Å². The summed E-state index contributed by atoms with van der Waals surface area (Å²) in [6.45, 7) is 7.23. The molecule has 0 saturated carbocycles. The first-order chi connectivity index (χ1) is 12.2. The van der Waals surface area contributed by atoms with Crippen LogP contribution in [-0.4, -0.2) is 22.0 Å². The van der Waals surface area contributed by atoms with Crippen LogP contribution >= 0.6 is 15.9 Å². The fourth-order valence-electron chi connectivity index (χ4n) is 2.94. The van der Waals surface area contributed by atoms with E-state index in [0.29, 0.717) is 22.3 Å². The van der Waals surface area contributed by atoms with Crippen molar-refractivity contribution in [1.29, 1.82) is 0 Å². The first-order valence-corrected chi connectivity index (χ1v) is 9.12. The first kappa shape index (κ1) is 18.4. The number of carbonyl (C=O) groups is 2. The number of para-hydroxylation sites is 1. The maximum Gasteiger partial charge on any atom is 0.419 e. The Kier molecular flexibility index (Phi) is 4.76. The molecule has 0 atom stereocenters. The van der Waals surface area contributed by atoms with Crippen molar-refractivity contribution in [2.45, 2.75) is 33.3 Å². The summed E-state index contributed by atoms with van der Waals surface area (Å²) in [6.07, 6.45) is -0.485. The minimum Gasteiger partial charge on any atom is -0.443 e. The average Bonchev–Trinajstić information content (AvgIpc) is 2.85. The second-order valence-corrected chi connectivity index (χ2v) is 8.05. The minimum atomic E-state index is -0.620. The normalized spacial score (nSPS) is 11.6. The molecular weight excluding hydrogens is 394 g/mol. The van der Waals surface area contributed by atoms with Gasteiger partial charge in [0.05, 0.1) is 11.1 Å². The Balaban J connectivity index is 2.18. The van der Waals surface area contributed by atoms with Gasteiger partial charge in [-0.15, -0.1) is 0 Å². The molecule has 3 rings (SSSR count). The Hall–Kier alpha value is -2.40. The lowest BCUT2D eigenvalue weighted by molar-refractivity contribution is 0.0541. The van der Waals surface area contributed by atoms with Crippen LogP contribution in [0.5, 0.6) is 0 Å². The molecule has 26 heavy (non-hydrogen) atoms. The monoisotopic (exact) mass is 413 g/mol. The number of halogens is 1. The van der Waals surface area contributed by atoms with E-state index in [9.17, 15) is 9.59 Å². The summed E-state index contributed by atoms with van der Waals surface area (Å²) in [5.74, 6) is -0.117. The molecule has 0 saturated heterocycles. The van der Waals surface area contributed by atoms with E-state index < -0.39 is 11.7 Å². The predicted octanol–water partition coefficient (Wildman–Crippen LogP) is 5.73. The van der Waals surface area contributed by atoms with Crippen molar-refractivity contribution in [2.75, 3.05) is 0 Å². The number of hydrogen-bond acceptors (Lipinski definition) is 3. The fraction of sp³-hybridized carbons (Fsp3) is 0.238. The molecule has 0 radical (unpaired) electrons. The Morgan fingerprint density at radius 2 is 1.62 bits per heavy atom. The zero-order valence-corrected chi connectivity index (χ0v) is 16.8. The first-order valence-electron chi connectivity index (χ1n) is 8.33. The van der Waals surface area contributed by atoms with Crippen LogP contribution in [0.3, 0.4) is 0 Å². The van der Waals surface area contributed by atoms with Crippen molar-refractivity contribution in [3.05, 3.63) is 69.8 Å². The van der Waals surface area contributed by atoms with Crippen molar-refractivity contribution >= 4 is 38.7 Å². The number of ketones is 1. The molecule has 0 aliphatic heterocycles. The van der Waals surface area contributed by atoms with Gasteiger partial charge in [-0.2, -0.15) is 0 Å². The van der Waals surface area contributed by atoms with Gasteiger partial charge in [0, 0.05) is 21.1 Å². The highest BCUT2D eigenvalue weighted by molar-refractivity contribution is 9.10. The third-order valence-electron chi connectivity index (χ3n) is 4.02. The topological polar surface area (TPSA) is 48.3 Å². The number of fused-ring (bicyclic) bond motifs is 1. The molecule has 0 unspecified atom stereocenters. The van der Waals surface area contributed by atoms with E-state index >= 15 is 0 Å². The number of ether oxygens (including phenoxy) is 1. The van der Waals surface area contributed by atoms with Crippen LogP contribution in [0.2, 0.25) is 0 Å². The molecule has 0 N–H and O–H groups in total. The number of aromatic nitrogens is 1. The van der Waals surface area contributed by atoms with Crippen LogP contribution in [0.25, 0.3) is 10.9 Å². The standard InChI is InChI=1S/C21H20BrNO3/c1-13-18(19(24)14-9-11-15(22)12-10-14)16-7-5-6-8-17(16)23(13)20(25)26-21(2,3)4/h5-12H,1-4H3. The predicted molar refractivity (Wildman–Crippen MR) is 106 cm³/mol. The molecule has 0 bridgehead atoms. The zero-order valence-electron chi connectivity index (χ0n) is 15.2. The zero-order chi connectivity index (χ0) is 19.1. The molecule has 1 aromatic heterocycles. The number of nitrogens with zero attached hydrogens (tertiary/aromatic N) is 1. The van der Waals surface area contributed by atoms with Crippen LogP contribution in [0.15, 0.2) is 53.0 Å². The van der Waals surface area contributed by atoms with Gasteiger partial charge in [-0.05, 0) is 58.0 Å². The maximum atomic E-state index is 13.1. The minimum absolute atomic E-state index is 0.117. The lowest BCUT2D eigenvalue weighted by Crippen LogP contribution is -2.27. The summed E-state index contributed by atoms with van der Waals surface area (Å²) in [5, 5.41) is 0.740. The van der Waals surface area contributed by atoms with Crippen LogP contribution in [0.4, 0.5) is 4.79 Å². The molecule has 5 heteroatoms. The highest BCUT2D eigenvalue weighted by Gasteiger charge is 2.26. The van der Waals surface area contributed by atoms with E-state index in [0.717, 1.165) is 9.86 Å². The lowest BCUT2D eigenvalue weighted by Gasteiger charge is -2.20. The van der Waals surface area contributed by atoms with Gasteiger partial charge < -0.3 is 4.74 Å². The van der Waals surface area contributed by atoms with Gasteiger partial charge in [0.15, 0.2) is 5.78 Å². The van der Waals surface area contributed by atoms with E-state index in [4.69, 9.17) is 4.74 Å². The van der Waals surface area contributed by atoms with E-state index in [1.54, 1.807) is 19.1 Å². The summed E-state index contributed by atoms with van der Waals surface area (Å²) in [7, 11) is 0. The van der Waals surface area contributed by atoms with Crippen LogP contribution in [-0.2, 0) is 4.74 Å². The third-order valence-corrected chi connectivity index (χ3v) is 4.55. The van der Waals surface area contributed by atoms with Gasteiger partial charge in [0.2, 0.25) is 0 Å². The van der Waals surface area contributed by atoms with Gasteiger partial charge >= 0.3 is 6.09 Å². The summed E-state index contributed by atoms with van der Waals surface area (Å²) in [5.41, 5.74) is 1.72. The molecule has 2 aromatic carbocycles. The number of hydrogen-bond donors (Lipinski definition) is 0. The van der Waals surface area contributed by atoms with Crippen molar-refractivity contribution in [3.63, 3.8) is 0 Å². The fourth-order valence-corrected chi connectivity index (χ4v) is 3.21. The molecule has 1 heterocycles. The molecule has 3 aromatic rings. The summed E-state index contributed by atoms with van der Waals surface area (Å²) in [4.78, 5) is 25.9. The van der Waals surface area contributed by atoms with Gasteiger partial charge in [-0.1, -0.05) is 34.1 Å². The average molecular weight is 414 g/mol. The highest BCUT2D eigenvalue weighted by Crippen LogP contribution is 2.29. The second-order valence-electron chi connectivity index (χ2n) is 7.13. The molecule has 0 amide bonds. The number of carbonyl (C=O) groups excluding carboxylic acids is 2. The van der Waals surface area contributed by atoms with Crippen LogP contribution < -0.4 is 0 Å².